The Morgan fingerprint density at radius 3 is 2.68 bits per heavy atom. The Labute approximate surface area is 197 Å². The number of halogens is 1. The fourth-order valence-corrected chi connectivity index (χ4v) is 5.43. The summed E-state index contributed by atoms with van der Waals surface area (Å²) in [6.45, 7) is 0. The van der Waals surface area contributed by atoms with Gasteiger partial charge in [0.2, 0.25) is 0 Å². The molecule has 0 spiro atoms. The number of hydrogen-bond donors (Lipinski definition) is 1. The Kier molecular flexibility index (Phi) is 9.01. The number of aromatic nitrogens is 2. The molecule has 3 rings (SSSR count). The summed E-state index contributed by atoms with van der Waals surface area (Å²) in [4.78, 5) is 12.1. The van der Waals surface area contributed by atoms with E-state index in [2.05, 4.69) is 20.7 Å². The SMILES string of the molecule is COc1ccc(/C=N\NC(=O)CSc2nnc(SCc3ccccc3Cl)s2)c(OC)c1. The second-order valence-corrected chi connectivity index (χ2v) is 9.73. The first-order valence-corrected chi connectivity index (χ1v) is 12.1. The molecular weight excluding hydrogens is 476 g/mol. The van der Waals surface area contributed by atoms with Crippen LogP contribution in [0.4, 0.5) is 0 Å². The van der Waals surface area contributed by atoms with Gasteiger partial charge in [-0.2, -0.15) is 5.10 Å². The first kappa shape index (κ1) is 23.4. The first-order valence-electron chi connectivity index (χ1n) is 8.95. The van der Waals surface area contributed by atoms with Crippen molar-refractivity contribution in [1.29, 1.82) is 0 Å². The van der Waals surface area contributed by atoms with Crippen molar-refractivity contribution in [2.45, 2.75) is 14.4 Å². The van der Waals surface area contributed by atoms with Crippen molar-refractivity contribution < 1.29 is 14.3 Å². The Morgan fingerprint density at radius 2 is 1.94 bits per heavy atom. The summed E-state index contributed by atoms with van der Waals surface area (Å²) in [7, 11) is 3.14. The van der Waals surface area contributed by atoms with E-state index in [9.17, 15) is 4.79 Å². The number of nitrogens with one attached hydrogen (secondary N) is 1. The Morgan fingerprint density at radius 1 is 1.16 bits per heavy atom. The fourth-order valence-electron chi connectivity index (χ4n) is 2.33. The smallest absolute Gasteiger partial charge is 0.250 e. The molecule has 0 aliphatic heterocycles. The van der Waals surface area contributed by atoms with Gasteiger partial charge in [0.25, 0.3) is 5.91 Å². The van der Waals surface area contributed by atoms with Gasteiger partial charge in [-0.05, 0) is 23.8 Å². The van der Waals surface area contributed by atoms with Crippen LogP contribution in [0.1, 0.15) is 11.1 Å². The minimum Gasteiger partial charge on any atom is -0.497 e. The topological polar surface area (TPSA) is 85.7 Å². The number of carbonyl (C=O) groups is 1. The van der Waals surface area contributed by atoms with Crippen LogP contribution in [0.25, 0.3) is 0 Å². The van der Waals surface area contributed by atoms with Crippen LogP contribution in [0.15, 0.2) is 56.2 Å². The van der Waals surface area contributed by atoms with Crippen LogP contribution in [0.2, 0.25) is 5.02 Å². The summed E-state index contributed by atoms with van der Waals surface area (Å²) in [6, 6.07) is 13.0. The quantitative estimate of drug-likeness (QED) is 0.247. The number of nitrogens with zero attached hydrogens (tertiary/aromatic N) is 3. The summed E-state index contributed by atoms with van der Waals surface area (Å²) in [6.07, 6.45) is 1.52. The zero-order valence-electron chi connectivity index (χ0n) is 16.7. The maximum Gasteiger partial charge on any atom is 0.250 e. The number of benzene rings is 2. The molecule has 0 saturated heterocycles. The molecule has 162 valence electrons. The van der Waals surface area contributed by atoms with Crippen molar-refractivity contribution in [2.24, 2.45) is 5.10 Å². The molecule has 1 N–H and O–H groups in total. The fraction of sp³-hybridized carbons (Fsp3) is 0.200. The second kappa shape index (κ2) is 11.9. The number of hydrazone groups is 1. The maximum absolute atomic E-state index is 12.1. The number of ether oxygens (including phenoxy) is 2. The van der Waals surface area contributed by atoms with Gasteiger partial charge in [0, 0.05) is 22.4 Å². The van der Waals surface area contributed by atoms with Gasteiger partial charge >= 0.3 is 0 Å². The molecule has 0 fully saturated rings. The van der Waals surface area contributed by atoms with Crippen LogP contribution in [0.5, 0.6) is 11.5 Å². The highest BCUT2D eigenvalue weighted by atomic mass is 35.5. The zero-order valence-corrected chi connectivity index (χ0v) is 19.9. The van der Waals surface area contributed by atoms with Crippen LogP contribution in [-0.2, 0) is 10.5 Å². The lowest BCUT2D eigenvalue weighted by atomic mass is 10.2. The third-order valence-corrected chi connectivity index (χ3v) is 7.46. The third-order valence-electron chi connectivity index (χ3n) is 3.86. The second-order valence-electron chi connectivity index (χ2n) is 5.90. The van der Waals surface area contributed by atoms with E-state index < -0.39 is 0 Å². The Balaban J connectivity index is 1.45. The molecule has 1 aromatic heterocycles. The van der Waals surface area contributed by atoms with Crippen LogP contribution in [0.3, 0.4) is 0 Å². The number of thioether (sulfide) groups is 2. The zero-order chi connectivity index (χ0) is 22.1. The predicted octanol–water partition coefficient (Wildman–Crippen LogP) is 4.74. The van der Waals surface area contributed by atoms with E-state index in [0.29, 0.717) is 17.3 Å². The van der Waals surface area contributed by atoms with Gasteiger partial charge in [-0.1, -0.05) is 64.7 Å². The van der Waals surface area contributed by atoms with Gasteiger partial charge in [-0.25, -0.2) is 5.43 Å². The summed E-state index contributed by atoms with van der Waals surface area (Å²) in [5.41, 5.74) is 4.27. The highest BCUT2D eigenvalue weighted by molar-refractivity contribution is 8.03. The number of methoxy groups -OCH3 is 2. The largest absolute Gasteiger partial charge is 0.497 e. The van der Waals surface area contributed by atoms with E-state index in [0.717, 1.165) is 24.8 Å². The molecule has 0 bridgehead atoms. The van der Waals surface area contributed by atoms with Crippen molar-refractivity contribution in [2.75, 3.05) is 20.0 Å². The number of carbonyl (C=O) groups excluding carboxylic acids is 1. The Hall–Kier alpha value is -2.27. The number of hydrogen-bond acceptors (Lipinski definition) is 9. The molecule has 0 unspecified atom stereocenters. The molecule has 0 aliphatic carbocycles. The van der Waals surface area contributed by atoms with Crippen molar-refractivity contribution in [3.05, 3.63) is 58.6 Å². The van der Waals surface area contributed by atoms with Crippen molar-refractivity contribution in [3.63, 3.8) is 0 Å². The summed E-state index contributed by atoms with van der Waals surface area (Å²) in [5, 5.41) is 13.0. The lowest BCUT2D eigenvalue weighted by molar-refractivity contribution is -0.118. The molecule has 11 heteroatoms. The molecule has 7 nitrogen and oxygen atoms in total. The standard InChI is InChI=1S/C20H19ClN4O3S3/c1-27-15-8-7-13(17(9-15)28-2)10-22-23-18(26)12-30-20-25-24-19(31-20)29-11-14-5-3-4-6-16(14)21/h3-10H,11-12H2,1-2H3,(H,23,26)/b22-10-. The summed E-state index contributed by atoms with van der Waals surface area (Å²) < 4.78 is 12.0. The molecule has 31 heavy (non-hydrogen) atoms. The van der Waals surface area contributed by atoms with Gasteiger partial charge in [-0.15, -0.1) is 10.2 Å². The predicted molar refractivity (Wildman–Crippen MR) is 127 cm³/mol. The number of amides is 1. The molecule has 2 aromatic carbocycles. The van der Waals surface area contributed by atoms with Crippen LogP contribution < -0.4 is 14.9 Å². The normalized spacial score (nSPS) is 10.9. The molecule has 0 radical (unpaired) electrons. The van der Waals surface area contributed by atoms with Crippen molar-refractivity contribution >= 4 is 58.6 Å². The van der Waals surface area contributed by atoms with Gasteiger partial charge in [0.05, 0.1) is 26.2 Å². The van der Waals surface area contributed by atoms with Gasteiger partial charge in [-0.3, -0.25) is 4.79 Å². The maximum atomic E-state index is 12.1. The molecule has 3 aromatic rings. The number of rotatable bonds is 10. The summed E-state index contributed by atoms with van der Waals surface area (Å²) >= 11 is 10.5. The van der Waals surface area contributed by atoms with Crippen LogP contribution in [0, 0.1) is 0 Å². The van der Waals surface area contributed by atoms with Crippen molar-refractivity contribution in [3.8, 4) is 11.5 Å². The van der Waals surface area contributed by atoms with Crippen LogP contribution in [-0.4, -0.2) is 42.3 Å². The molecule has 0 saturated carbocycles. The van der Waals surface area contributed by atoms with E-state index in [1.807, 2.05) is 24.3 Å². The van der Waals surface area contributed by atoms with E-state index >= 15 is 0 Å². The lowest BCUT2D eigenvalue weighted by Crippen LogP contribution is -2.19. The molecule has 1 heterocycles. The first-order chi connectivity index (χ1) is 15.1. The summed E-state index contributed by atoms with van der Waals surface area (Å²) in [5.74, 6) is 1.93. The van der Waals surface area contributed by atoms with Crippen molar-refractivity contribution in [1.82, 2.24) is 15.6 Å². The van der Waals surface area contributed by atoms with E-state index in [1.165, 1.54) is 29.3 Å². The van der Waals surface area contributed by atoms with E-state index in [1.54, 1.807) is 44.2 Å². The highest BCUT2D eigenvalue weighted by Crippen LogP contribution is 2.32. The van der Waals surface area contributed by atoms with E-state index in [-0.39, 0.29) is 11.7 Å². The van der Waals surface area contributed by atoms with Crippen LogP contribution >= 0.6 is 46.5 Å². The highest BCUT2D eigenvalue weighted by Gasteiger charge is 2.10. The van der Waals surface area contributed by atoms with Gasteiger partial charge in [0.1, 0.15) is 11.5 Å². The molecular formula is C20H19ClN4O3S3. The van der Waals surface area contributed by atoms with E-state index in [4.69, 9.17) is 21.1 Å². The minimum absolute atomic E-state index is 0.181. The average Bonchev–Trinajstić information content (AvgIpc) is 3.25. The minimum atomic E-state index is -0.241. The van der Waals surface area contributed by atoms with Gasteiger partial charge in [0.15, 0.2) is 8.68 Å². The molecule has 0 atom stereocenters. The Bertz CT molecular complexity index is 1060. The lowest BCUT2D eigenvalue weighted by Gasteiger charge is -2.06. The molecule has 0 aliphatic rings. The van der Waals surface area contributed by atoms with Gasteiger partial charge < -0.3 is 9.47 Å². The average molecular weight is 495 g/mol. The third kappa shape index (κ3) is 7.13. The monoisotopic (exact) mass is 494 g/mol. The molecule has 1 amide bonds.